The van der Waals surface area contributed by atoms with Gasteiger partial charge < -0.3 is 19.3 Å². The van der Waals surface area contributed by atoms with E-state index in [2.05, 4.69) is 0 Å². The standard InChI is InChI=1S/C13H18O5/c1-8(13(14)15)5-9-6-10(16-2)7-11(17-3)12(9)18-4/h6-8H,5H2,1-4H3,(H,14,15). The summed E-state index contributed by atoms with van der Waals surface area (Å²) in [6, 6.07) is 3.47. The van der Waals surface area contributed by atoms with Crippen LogP contribution in [0.15, 0.2) is 12.1 Å². The first-order valence-electron chi connectivity index (χ1n) is 5.55. The fourth-order valence-corrected chi connectivity index (χ4v) is 1.70. The third kappa shape index (κ3) is 3.06. The number of hydrogen-bond acceptors (Lipinski definition) is 4. The van der Waals surface area contributed by atoms with Crippen LogP contribution in [0.3, 0.4) is 0 Å². The average Bonchev–Trinajstić information content (AvgIpc) is 2.37. The lowest BCUT2D eigenvalue weighted by Gasteiger charge is -2.16. The van der Waals surface area contributed by atoms with Crippen molar-refractivity contribution in [1.29, 1.82) is 0 Å². The van der Waals surface area contributed by atoms with Gasteiger partial charge in [-0.15, -0.1) is 0 Å². The van der Waals surface area contributed by atoms with Crippen molar-refractivity contribution in [2.75, 3.05) is 21.3 Å². The van der Waals surface area contributed by atoms with Gasteiger partial charge in [0, 0.05) is 11.6 Å². The summed E-state index contributed by atoms with van der Waals surface area (Å²) < 4.78 is 15.6. The summed E-state index contributed by atoms with van der Waals surface area (Å²) in [6.45, 7) is 1.65. The highest BCUT2D eigenvalue weighted by Crippen LogP contribution is 2.36. The maximum atomic E-state index is 10.9. The number of benzene rings is 1. The first-order valence-corrected chi connectivity index (χ1v) is 5.55. The topological polar surface area (TPSA) is 65.0 Å². The number of rotatable bonds is 6. The fourth-order valence-electron chi connectivity index (χ4n) is 1.70. The van der Waals surface area contributed by atoms with E-state index in [1.165, 1.54) is 14.2 Å². The smallest absolute Gasteiger partial charge is 0.306 e. The molecule has 0 heterocycles. The lowest BCUT2D eigenvalue weighted by molar-refractivity contribution is -0.141. The zero-order valence-electron chi connectivity index (χ0n) is 11.0. The van der Waals surface area contributed by atoms with Crippen molar-refractivity contribution >= 4 is 5.97 Å². The van der Waals surface area contributed by atoms with Crippen molar-refractivity contribution in [2.45, 2.75) is 13.3 Å². The van der Waals surface area contributed by atoms with Crippen molar-refractivity contribution in [1.82, 2.24) is 0 Å². The Morgan fingerprint density at radius 3 is 2.33 bits per heavy atom. The highest BCUT2D eigenvalue weighted by molar-refractivity contribution is 5.70. The molecule has 0 saturated carbocycles. The summed E-state index contributed by atoms with van der Waals surface area (Å²) in [6.07, 6.45) is 0.353. The van der Waals surface area contributed by atoms with Gasteiger partial charge in [0.15, 0.2) is 11.5 Å². The molecular weight excluding hydrogens is 236 g/mol. The molecule has 1 aromatic rings. The monoisotopic (exact) mass is 254 g/mol. The predicted octanol–water partition coefficient (Wildman–Crippen LogP) is 1.98. The summed E-state index contributed by atoms with van der Waals surface area (Å²) in [7, 11) is 4.60. The summed E-state index contributed by atoms with van der Waals surface area (Å²) >= 11 is 0. The Hall–Kier alpha value is -1.91. The molecule has 0 aliphatic rings. The van der Waals surface area contributed by atoms with Crippen LogP contribution in [0.25, 0.3) is 0 Å². The molecule has 5 nitrogen and oxygen atoms in total. The van der Waals surface area contributed by atoms with Gasteiger partial charge >= 0.3 is 5.97 Å². The molecule has 0 saturated heterocycles. The first-order chi connectivity index (χ1) is 8.53. The van der Waals surface area contributed by atoms with E-state index >= 15 is 0 Å². The molecule has 0 aliphatic carbocycles. The maximum Gasteiger partial charge on any atom is 0.306 e. The Balaban J connectivity index is 3.18. The molecule has 5 heteroatoms. The second-order valence-corrected chi connectivity index (χ2v) is 3.97. The van der Waals surface area contributed by atoms with Crippen molar-refractivity contribution in [3.8, 4) is 17.2 Å². The van der Waals surface area contributed by atoms with Crippen molar-refractivity contribution in [2.24, 2.45) is 5.92 Å². The molecule has 0 aromatic heterocycles. The molecule has 100 valence electrons. The number of methoxy groups -OCH3 is 3. The molecule has 1 rings (SSSR count). The highest BCUT2D eigenvalue weighted by atomic mass is 16.5. The molecule has 0 fully saturated rings. The van der Waals surface area contributed by atoms with Crippen molar-refractivity contribution in [3.05, 3.63) is 17.7 Å². The number of carboxylic acids is 1. The van der Waals surface area contributed by atoms with Gasteiger partial charge in [-0.2, -0.15) is 0 Å². The van der Waals surface area contributed by atoms with Crippen LogP contribution in [-0.2, 0) is 11.2 Å². The minimum absolute atomic E-state index is 0.353. The van der Waals surface area contributed by atoms with Crippen LogP contribution in [-0.4, -0.2) is 32.4 Å². The van der Waals surface area contributed by atoms with Gasteiger partial charge in [0.2, 0.25) is 0 Å². The Morgan fingerprint density at radius 1 is 1.22 bits per heavy atom. The zero-order valence-corrected chi connectivity index (χ0v) is 11.0. The van der Waals surface area contributed by atoms with E-state index in [1.807, 2.05) is 0 Å². The molecule has 18 heavy (non-hydrogen) atoms. The Kier molecular flexibility index (Phi) is 4.83. The summed E-state index contributed by atoms with van der Waals surface area (Å²) in [5.41, 5.74) is 0.753. The lowest BCUT2D eigenvalue weighted by Crippen LogP contribution is -2.13. The van der Waals surface area contributed by atoms with Gasteiger partial charge in [-0.05, 0) is 12.5 Å². The quantitative estimate of drug-likeness (QED) is 0.840. The number of ether oxygens (including phenoxy) is 3. The van der Waals surface area contributed by atoms with Gasteiger partial charge in [0.1, 0.15) is 5.75 Å². The molecule has 0 spiro atoms. The van der Waals surface area contributed by atoms with E-state index in [9.17, 15) is 4.79 Å². The van der Waals surface area contributed by atoms with Crippen LogP contribution in [0, 0.1) is 5.92 Å². The third-order valence-electron chi connectivity index (χ3n) is 2.71. The molecular formula is C13H18O5. The number of hydrogen-bond donors (Lipinski definition) is 1. The van der Waals surface area contributed by atoms with E-state index in [0.717, 1.165) is 5.56 Å². The normalized spacial score (nSPS) is 11.8. The Labute approximate surface area is 106 Å². The van der Waals surface area contributed by atoms with Crippen molar-refractivity contribution in [3.63, 3.8) is 0 Å². The van der Waals surface area contributed by atoms with E-state index in [-0.39, 0.29) is 0 Å². The largest absolute Gasteiger partial charge is 0.497 e. The molecule has 0 bridgehead atoms. The highest BCUT2D eigenvalue weighted by Gasteiger charge is 2.18. The third-order valence-corrected chi connectivity index (χ3v) is 2.71. The van der Waals surface area contributed by atoms with Gasteiger partial charge in [0.25, 0.3) is 0 Å². The minimum Gasteiger partial charge on any atom is -0.497 e. The molecule has 1 unspecified atom stereocenters. The molecule has 0 aliphatic heterocycles. The van der Waals surface area contributed by atoms with Crippen LogP contribution in [0.2, 0.25) is 0 Å². The first kappa shape index (κ1) is 14.2. The number of aliphatic carboxylic acids is 1. The van der Waals surface area contributed by atoms with Crippen LogP contribution in [0.5, 0.6) is 17.2 Å². The van der Waals surface area contributed by atoms with E-state index < -0.39 is 11.9 Å². The molecule has 1 atom stereocenters. The summed E-state index contributed by atoms with van der Waals surface area (Å²) in [5, 5.41) is 8.96. The van der Waals surface area contributed by atoms with Crippen LogP contribution >= 0.6 is 0 Å². The lowest BCUT2D eigenvalue weighted by atomic mass is 10.00. The summed E-state index contributed by atoms with van der Waals surface area (Å²) in [5.74, 6) is 0.339. The molecule has 0 amide bonds. The average molecular weight is 254 g/mol. The van der Waals surface area contributed by atoms with Gasteiger partial charge in [-0.25, -0.2) is 0 Å². The van der Waals surface area contributed by atoms with E-state index in [0.29, 0.717) is 23.7 Å². The van der Waals surface area contributed by atoms with Gasteiger partial charge in [0.05, 0.1) is 27.2 Å². The van der Waals surface area contributed by atoms with Crippen molar-refractivity contribution < 1.29 is 24.1 Å². The van der Waals surface area contributed by atoms with Gasteiger partial charge in [-0.3, -0.25) is 4.79 Å². The van der Waals surface area contributed by atoms with E-state index in [1.54, 1.807) is 26.2 Å². The Bertz CT molecular complexity index is 428. The predicted molar refractivity (Wildman–Crippen MR) is 66.6 cm³/mol. The molecule has 1 N–H and O–H groups in total. The van der Waals surface area contributed by atoms with E-state index in [4.69, 9.17) is 19.3 Å². The maximum absolute atomic E-state index is 10.9. The second-order valence-electron chi connectivity index (χ2n) is 3.97. The van der Waals surface area contributed by atoms with Crippen LogP contribution < -0.4 is 14.2 Å². The molecule has 1 aromatic carbocycles. The van der Waals surface area contributed by atoms with Crippen LogP contribution in [0.1, 0.15) is 12.5 Å². The van der Waals surface area contributed by atoms with Crippen LogP contribution in [0.4, 0.5) is 0 Å². The number of carboxylic acid groups (broad SMARTS) is 1. The SMILES string of the molecule is COc1cc(CC(C)C(=O)O)c(OC)c(OC)c1. The second kappa shape index (κ2) is 6.14. The van der Waals surface area contributed by atoms with Gasteiger partial charge in [-0.1, -0.05) is 6.92 Å². The number of carbonyl (C=O) groups is 1. The fraction of sp³-hybridized carbons (Fsp3) is 0.462. The zero-order chi connectivity index (χ0) is 13.7. The minimum atomic E-state index is -0.848. The summed E-state index contributed by atoms with van der Waals surface area (Å²) in [4.78, 5) is 10.9. The molecule has 0 radical (unpaired) electrons. The Morgan fingerprint density at radius 2 is 1.89 bits per heavy atom.